The van der Waals surface area contributed by atoms with Crippen molar-refractivity contribution >= 4 is 46.1 Å². The number of carbonyl (C=O) groups excluding carboxylic acids is 2. The van der Waals surface area contributed by atoms with Gasteiger partial charge in [0.05, 0.1) is 43.9 Å². The van der Waals surface area contributed by atoms with Gasteiger partial charge in [0.15, 0.2) is 10.3 Å². The van der Waals surface area contributed by atoms with E-state index in [0.717, 1.165) is 30.3 Å². The summed E-state index contributed by atoms with van der Waals surface area (Å²) in [5.41, 5.74) is 2.65. The smallest absolute Gasteiger partial charge is 0.311 e. The topological polar surface area (TPSA) is 111 Å². The zero-order valence-corrected chi connectivity index (χ0v) is 19.9. The molecule has 0 bridgehead atoms. The molecule has 2 aromatic heterocycles. The molecule has 0 saturated carbocycles. The molecule has 174 valence electrons. The zero-order valence-electron chi connectivity index (χ0n) is 18.3. The highest BCUT2D eigenvalue weighted by molar-refractivity contribution is 7.99. The van der Waals surface area contributed by atoms with Gasteiger partial charge in [-0.15, -0.1) is 21.5 Å². The van der Waals surface area contributed by atoms with Crippen molar-refractivity contribution in [1.29, 1.82) is 0 Å². The van der Waals surface area contributed by atoms with Gasteiger partial charge in [-0.1, -0.05) is 29.5 Å². The Morgan fingerprint density at radius 3 is 2.70 bits per heavy atom. The fraction of sp³-hybridized carbons (Fsp3) is 0.381. The predicted molar refractivity (Wildman–Crippen MR) is 126 cm³/mol. The molecule has 12 heteroatoms. The molecule has 3 aromatic rings. The van der Waals surface area contributed by atoms with Gasteiger partial charge in [0.25, 0.3) is 0 Å². The van der Waals surface area contributed by atoms with Crippen molar-refractivity contribution in [2.45, 2.75) is 18.5 Å². The second-order valence-electron chi connectivity index (χ2n) is 7.29. The lowest BCUT2D eigenvalue weighted by Crippen LogP contribution is -2.37. The van der Waals surface area contributed by atoms with Crippen molar-refractivity contribution in [3.63, 3.8) is 0 Å². The Hall–Kier alpha value is -2.96. The summed E-state index contributed by atoms with van der Waals surface area (Å²) < 4.78 is 12.1. The minimum Gasteiger partial charge on any atom is -0.469 e. The molecule has 0 radical (unpaired) electrons. The van der Waals surface area contributed by atoms with Crippen molar-refractivity contribution in [1.82, 2.24) is 19.7 Å². The van der Waals surface area contributed by atoms with Crippen LogP contribution < -0.4 is 10.2 Å². The molecule has 0 spiro atoms. The first-order valence-corrected chi connectivity index (χ1v) is 12.2. The lowest BCUT2D eigenvalue weighted by atomic mass is 10.2. The second-order valence-corrected chi connectivity index (χ2v) is 9.09. The van der Waals surface area contributed by atoms with E-state index in [1.165, 1.54) is 30.2 Å². The van der Waals surface area contributed by atoms with Gasteiger partial charge in [0, 0.05) is 18.5 Å². The quantitative estimate of drug-likeness (QED) is 0.377. The normalized spacial score (nSPS) is 13.7. The summed E-state index contributed by atoms with van der Waals surface area (Å²) in [6, 6.07) is 8.11. The number of benzene rings is 1. The Morgan fingerprint density at radius 2 is 1.97 bits per heavy atom. The molecule has 10 nitrogen and oxygen atoms in total. The first kappa shape index (κ1) is 23.2. The van der Waals surface area contributed by atoms with Crippen molar-refractivity contribution in [2.24, 2.45) is 0 Å². The van der Waals surface area contributed by atoms with Crippen molar-refractivity contribution < 1.29 is 19.1 Å². The maximum absolute atomic E-state index is 12.5. The van der Waals surface area contributed by atoms with Gasteiger partial charge in [0.2, 0.25) is 11.9 Å². The molecule has 1 saturated heterocycles. The molecule has 1 N–H and O–H groups in total. The minimum absolute atomic E-state index is 0.0710. The van der Waals surface area contributed by atoms with E-state index in [1.54, 1.807) is 5.38 Å². The summed E-state index contributed by atoms with van der Waals surface area (Å²) >= 11 is 2.57. The molecule has 3 heterocycles. The summed E-state index contributed by atoms with van der Waals surface area (Å²) in [6.07, 6.45) is 0.0710. The number of hydrogen-bond donors (Lipinski definition) is 1. The zero-order chi connectivity index (χ0) is 23.2. The first-order chi connectivity index (χ1) is 16.0. The first-order valence-electron chi connectivity index (χ1n) is 10.3. The molecular weight excluding hydrogens is 464 g/mol. The maximum Gasteiger partial charge on any atom is 0.311 e. The van der Waals surface area contributed by atoms with Crippen LogP contribution in [0.25, 0.3) is 5.69 Å². The minimum atomic E-state index is -0.375. The maximum atomic E-state index is 12.5. The molecule has 1 aliphatic rings. The van der Waals surface area contributed by atoms with Gasteiger partial charge >= 0.3 is 5.97 Å². The number of aromatic nitrogens is 4. The number of aryl methyl sites for hydroxylation is 1. The third kappa shape index (κ3) is 5.89. The van der Waals surface area contributed by atoms with E-state index in [9.17, 15) is 9.59 Å². The highest BCUT2D eigenvalue weighted by Crippen LogP contribution is 2.27. The van der Waals surface area contributed by atoms with Gasteiger partial charge in [-0.25, -0.2) is 4.98 Å². The van der Waals surface area contributed by atoms with E-state index >= 15 is 0 Å². The summed E-state index contributed by atoms with van der Waals surface area (Å²) in [7, 11) is 1.33. The number of amides is 1. The van der Waals surface area contributed by atoms with Crippen LogP contribution in [0.3, 0.4) is 0 Å². The van der Waals surface area contributed by atoms with E-state index < -0.39 is 0 Å². The van der Waals surface area contributed by atoms with Crippen LogP contribution in [0.1, 0.15) is 11.3 Å². The average Bonchev–Trinajstić information content (AvgIpc) is 3.45. The van der Waals surface area contributed by atoms with Gasteiger partial charge in [0.1, 0.15) is 0 Å². The van der Waals surface area contributed by atoms with Crippen molar-refractivity contribution in [3.8, 4) is 5.69 Å². The molecule has 1 fully saturated rings. The molecule has 0 aliphatic carbocycles. The van der Waals surface area contributed by atoms with Crippen LogP contribution in [0, 0.1) is 6.92 Å². The fourth-order valence-electron chi connectivity index (χ4n) is 3.19. The molecule has 1 aliphatic heterocycles. The number of ether oxygens (including phenoxy) is 2. The van der Waals surface area contributed by atoms with Crippen LogP contribution in [0.2, 0.25) is 0 Å². The predicted octanol–water partition coefficient (Wildman–Crippen LogP) is 2.32. The Morgan fingerprint density at radius 1 is 1.21 bits per heavy atom. The number of thiazole rings is 1. The second kappa shape index (κ2) is 10.8. The van der Waals surface area contributed by atoms with Crippen LogP contribution in [0.15, 0.2) is 34.8 Å². The van der Waals surface area contributed by atoms with Crippen LogP contribution in [-0.4, -0.2) is 70.8 Å². The Kier molecular flexibility index (Phi) is 7.57. The number of methoxy groups -OCH3 is 1. The standard InChI is InChI=1S/C21H24N6O4S2/c1-14-3-5-16(6-4-14)27-20(26-7-9-31-10-8-26)24-25-21(27)33-13-17(28)23-19-22-15(12-32-19)11-18(29)30-2/h3-6,12H,7-11,13H2,1-2H3,(H,22,23,28). The summed E-state index contributed by atoms with van der Waals surface area (Å²) in [6.45, 7) is 4.77. The number of nitrogens with zero attached hydrogens (tertiary/aromatic N) is 5. The van der Waals surface area contributed by atoms with Crippen LogP contribution in [-0.2, 0) is 25.5 Å². The van der Waals surface area contributed by atoms with E-state index in [-0.39, 0.29) is 24.1 Å². The number of nitrogens with one attached hydrogen (secondary N) is 1. The van der Waals surface area contributed by atoms with E-state index in [1.807, 2.05) is 35.8 Å². The van der Waals surface area contributed by atoms with Crippen molar-refractivity contribution in [2.75, 3.05) is 49.4 Å². The van der Waals surface area contributed by atoms with Gasteiger partial charge in [-0.2, -0.15) is 0 Å². The largest absolute Gasteiger partial charge is 0.469 e. The molecular formula is C21H24N6O4S2. The number of esters is 1. The number of rotatable bonds is 8. The Balaban J connectivity index is 1.46. The third-order valence-corrected chi connectivity index (χ3v) is 6.62. The summed E-state index contributed by atoms with van der Waals surface area (Å²) in [4.78, 5) is 30.3. The summed E-state index contributed by atoms with van der Waals surface area (Å²) in [5.74, 6) is 0.280. The fourth-order valence-corrected chi connectivity index (χ4v) is 4.67. The van der Waals surface area contributed by atoms with E-state index in [2.05, 4.69) is 30.1 Å². The lowest BCUT2D eigenvalue weighted by molar-refractivity contribution is -0.139. The summed E-state index contributed by atoms with van der Waals surface area (Å²) in [5, 5.41) is 14.3. The Bertz CT molecular complexity index is 1110. The highest BCUT2D eigenvalue weighted by Gasteiger charge is 2.22. The van der Waals surface area contributed by atoms with E-state index in [0.29, 0.717) is 29.2 Å². The van der Waals surface area contributed by atoms with Crippen LogP contribution >= 0.6 is 23.1 Å². The molecule has 1 aromatic carbocycles. The number of morpholine rings is 1. The number of hydrogen-bond acceptors (Lipinski definition) is 10. The Labute approximate surface area is 199 Å². The molecule has 0 atom stereocenters. The highest BCUT2D eigenvalue weighted by atomic mass is 32.2. The van der Waals surface area contributed by atoms with Crippen LogP contribution in [0.5, 0.6) is 0 Å². The number of carbonyl (C=O) groups is 2. The van der Waals surface area contributed by atoms with Crippen LogP contribution in [0.4, 0.5) is 11.1 Å². The third-order valence-electron chi connectivity index (χ3n) is 4.89. The monoisotopic (exact) mass is 488 g/mol. The molecule has 4 rings (SSSR count). The molecule has 33 heavy (non-hydrogen) atoms. The van der Waals surface area contributed by atoms with Crippen molar-refractivity contribution in [3.05, 3.63) is 40.9 Å². The van der Waals surface area contributed by atoms with Gasteiger partial charge in [-0.3, -0.25) is 14.2 Å². The van der Waals surface area contributed by atoms with Gasteiger partial charge < -0.3 is 19.7 Å². The van der Waals surface area contributed by atoms with E-state index in [4.69, 9.17) is 4.74 Å². The molecule has 1 amide bonds. The average molecular weight is 489 g/mol. The molecule has 0 unspecified atom stereocenters. The lowest BCUT2D eigenvalue weighted by Gasteiger charge is -2.27. The number of anilines is 2. The number of thioether (sulfide) groups is 1. The SMILES string of the molecule is COC(=O)Cc1csc(NC(=O)CSc2nnc(N3CCOCC3)n2-c2ccc(C)cc2)n1. The van der Waals surface area contributed by atoms with Gasteiger partial charge in [-0.05, 0) is 19.1 Å².